The molecule has 1 amide bonds. The number of rotatable bonds is 24. The zero-order chi connectivity index (χ0) is 24.8. The smallest absolute Gasteiger partial charge is 0.221 e. The molecule has 206 valence electrons. The van der Waals surface area contributed by atoms with Crippen molar-refractivity contribution in [2.45, 2.75) is 122 Å². The molecule has 0 unspecified atom stereocenters. The number of nitrogens with one attached hydrogen (secondary N) is 1. The van der Waals surface area contributed by atoms with Gasteiger partial charge in [-0.1, -0.05) is 103 Å². The number of amides is 1. The highest BCUT2D eigenvalue weighted by atomic mass is 127. The van der Waals surface area contributed by atoms with Crippen LogP contribution in [0.5, 0.6) is 0 Å². The number of hydrogen-bond acceptors (Lipinski definition) is 3. The first-order valence-electron chi connectivity index (χ1n) is 13.9. The standard InChI is InChI=1S/C27H56N2O3S.HI/c1-5-6-7-8-9-10-11-12-13-14-15-16-17-18-19-20-25-33(31,32)26-22-27(30)28-23-21-24-29(2,3)4;/h5-26H2,1-4H3;1H. The van der Waals surface area contributed by atoms with E-state index < -0.39 is 9.84 Å². The van der Waals surface area contributed by atoms with Crippen LogP contribution in [0.4, 0.5) is 0 Å². The number of sulfone groups is 1. The van der Waals surface area contributed by atoms with E-state index in [-0.39, 0.29) is 47.8 Å². The third kappa shape index (κ3) is 28.3. The number of halogens is 1. The number of carbonyl (C=O) groups excluding carboxylic acids is 1. The third-order valence-corrected chi connectivity index (χ3v) is 8.01. The van der Waals surface area contributed by atoms with Gasteiger partial charge in [-0.3, -0.25) is 4.79 Å². The average Bonchev–Trinajstić information content (AvgIpc) is 2.74. The van der Waals surface area contributed by atoms with E-state index >= 15 is 0 Å². The van der Waals surface area contributed by atoms with E-state index in [4.69, 9.17) is 0 Å². The molecule has 0 aliphatic rings. The highest BCUT2D eigenvalue weighted by Gasteiger charge is 2.13. The topological polar surface area (TPSA) is 63.2 Å². The molecule has 0 fully saturated rings. The molecule has 0 spiro atoms. The van der Waals surface area contributed by atoms with E-state index in [1.165, 1.54) is 83.5 Å². The van der Waals surface area contributed by atoms with Crippen LogP contribution in [0.1, 0.15) is 122 Å². The number of unbranched alkanes of at least 4 members (excludes halogenated alkanes) is 15. The molecule has 0 aromatic heterocycles. The largest absolute Gasteiger partial charge is 1.00 e. The van der Waals surface area contributed by atoms with Crippen molar-refractivity contribution in [2.24, 2.45) is 0 Å². The molecule has 0 bridgehead atoms. The fourth-order valence-corrected chi connectivity index (χ4v) is 5.43. The normalized spacial score (nSPS) is 11.9. The molecule has 7 heteroatoms. The Morgan fingerprint density at radius 1 is 0.647 bits per heavy atom. The summed E-state index contributed by atoms with van der Waals surface area (Å²) in [5.74, 6) is 0.0552. The minimum atomic E-state index is -3.11. The molecule has 0 aromatic carbocycles. The minimum absolute atomic E-state index is 0. The van der Waals surface area contributed by atoms with E-state index in [0.717, 1.165) is 36.7 Å². The summed E-state index contributed by atoms with van der Waals surface area (Å²) in [6, 6.07) is 0. The van der Waals surface area contributed by atoms with E-state index in [1.807, 2.05) is 0 Å². The van der Waals surface area contributed by atoms with Gasteiger partial charge in [0, 0.05) is 19.4 Å². The second-order valence-corrected chi connectivity index (χ2v) is 13.2. The molecule has 34 heavy (non-hydrogen) atoms. The van der Waals surface area contributed by atoms with Crippen LogP contribution in [-0.2, 0) is 14.6 Å². The highest BCUT2D eigenvalue weighted by molar-refractivity contribution is 7.91. The first-order chi connectivity index (χ1) is 15.7. The van der Waals surface area contributed by atoms with Gasteiger partial charge in [-0.05, 0) is 6.42 Å². The Bertz CT molecular complexity index is 563. The van der Waals surface area contributed by atoms with Crippen molar-refractivity contribution in [1.82, 2.24) is 5.32 Å². The van der Waals surface area contributed by atoms with Crippen molar-refractivity contribution < 1.29 is 41.7 Å². The number of carbonyl (C=O) groups is 1. The summed E-state index contributed by atoms with van der Waals surface area (Å²) < 4.78 is 25.2. The summed E-state index contributed by atoms with van der Waals surface area (Å²) in [4.78, 5) is 11.9. The molecular formula is C27H57IN2O3S. The Labute approximate surface area is 230 Å². The quantitative estimate of drug-likeness (QED) is 0.103. The minimum Gasteiger partial charge on any atom is -1.00 e. The van der Waals surface area contributed by atoms with Crippen LogP contribution < -0.4 is 29.3 Å². The van der Waals surface area contributed by atoms with Crippen molar-refractivity contribution in [3.63, 3.8) is 0 Å². The lowest BCUT2D eigenvalue weighted by molar-refractivity contribution is -0.870. The predicted molar refractivity (Wildman–Crippen MR) is 143 cm³/mol. The maximum Gasteiger partial charge on any atom is 0.221 e. The molecule has 5 nitrogen and oxygen atoms in total. The first-order valence-corrected chi connectivity index (χ1v) is 15.8. The zero-order valence-corrected chi connectivity index (χ0v) is 26.0. The monoisotopic (exact) mass is 616 g/mol. The van der Waals surface area contributed by atoms with Crippen LogP contribution in [0, 0.1) is 0 Å². The predicted octanol–water partition coefficient (Wildman–Crippen LogP) is 3.27. The van der Waals surface area contributed by atoms with Crippen LogP contribution in [-0.4, -0.2) is 64.5 Å². The zero-order valence-electron chi connectivity index (χ0n) is 23.0. The lowest BCUT2D eigenvalue weighted by Gasteiger charge is -2.23. The SMILES string of the molecule is CCCCCCCCCCCCCCCCCCS(=O)(=O)CCC(=O)NCCC[N+](C)(C)C.[I-]. The molecule has 1 N–H and O–H groups in total. The summed E-state index contributed by atoms with van der Waals surface area (Å²) in [5, 5.41) is 2.84. The third-order valence-electron chi connectivity index (χ3n) is 6.28. The molecule has 0 saturated carbocycles. The Hall–Kier alpha value is 0.110. The molecule has 0 aliphatic heterocycles. The lowest BCUT2D eigenvalue weighted by Crippen LogP contribution is -3.00. The average molecular weight is 617 g/mol. The molecule has 0 aliphatic carbocycles. The van der Waals surface area contributed by atoms with Gasteiger partial charge >= 0.3 is 0 Å². The van der Waals surface area contributed by atoms with Gasteiger partial charge in [0.2, 0.25) is 5.91 Å². The van der Waals surface area contributed by atoms with Gasteiger partial charge in [-0.25, -0.2) is 8.42 Å². The van der Waals surface area contributed by atoms with Gasteiger partial charge in [0.15, 0.2) is 9.84 Å². The number of quaternary nitrogens is 1. The number of nitrogens with zero attached hydrogens (tertiary/aromatic N) is 1. The van der Waals surface area contributed by atoms with Crippen LogP contribution in [0.2, 0.25) is 0 Å². The Morgan fingerprint density at radius 3 is 1.47 bits per heavy atom. The summed E-state index contributed by atoms with van der Waals surface area (Å²) in [5.41, 5.74) is 0. The molecule has 0 rings (SSSR count). The van der Waals surface area contributed by atoms with Crippen molar-refractivity contribution in [3.05, 3.63) is 0 Å². The Kier molecular flexibility index (Phi) is 25.1. The van der Waals surface area contributed by atoms with Gasteiger partial charge in [0.1, 0.15) is 0 Å². The highest BCUT2D eigenvalue weighted by Crippen LogP contribution is 2.14. The fourth-order valence-electron chi connectivity index (χ4n) is 4.09. The molecular weight excluding hydrogens is 559 g/mol. The van der Waals surface area contributed by atoms with E-state index in [2.05, 4.69) is 33.4 Å². The van der Waals surface area contributed by atoms with Crippen LogP contribution in [0.25, 0.3) is 0 Å². The number of hydrogen-bond donors (Lipinski definition) is 1. The second-order valence-electron chi connectivity index (χ2n) is 10.9. The van der Waals surface area contributed by atoms with Crippen molar-refractivity contribution in [3.8, 4) is 0 Å². The van der Waals surface area contributed by atoms with E-state index in [9.17, 15) is 13.2 Å². The van der Waals surface area contributed by atoms with Gasteiger partial charge in [0.05, 0.1) is 39.2 Å². The van der Waals surface area contributed by atoms with Gasteiger partial charge in [-0.15, -0.1) is 0 Å². The van der Waals surface area contributed by atoms with Crippen LogP contribution in [0.3, 0.4) is 0 Å². The van der Waals surface area contributed by atoms with E-state index in [0.29, 0.717) is 6.54 Å². The van der Waals surface area contributed by atoms with Crippen molar-refractivity contribution in [2.75, 3.05) is 45.7 Å². The van der Waals surface area contributed by atoms with Crippen molar-refractivity contribution in [1.29, 1.82) is 0 Å². The van der Waals surface area contributed by atoms with Crippen molar-refractivity contribution >= 4 is 15.7 Å². The summed E-state index contributed by atoms with van der Waals surface area (Å²) in [6.45, 7) is 3.87. The summed E-state index contributed by atoms with van der Waals surface area (Å²) in [7, 11) is 3.24. The summed E-state index contributed by atoms with van der Waals surface area (Å²) in [6.07, 6.45) is 21.5. The van der Waals surface area contributed by atoms with Crippen LogP contribution >= 0.6 is 0 Å². The van der Waals surface area contributed by atoms with E-state index in [1.54, 1.807) is 0 Å². The second kappa shape index (κ2) is 23.5. The summed E-state index contributed by atoms with van der Waals surface area (Å²) >= 11 is 0. The molecule has 0 saturated heterocycles. The maximum absolute atomic E-state index is 12.2. The molecule has 0 heterocycles. The van der Waals surface area contributed by atoms with Crippen LogP contribution in [0.15, 0.2) is 0 Å². The molecule has 0 atom stereocenters. The molecule has 0 radical (unpaired) electrons. The fraction of sp³-hybridized carbons (Fsp3) is 0.963. The Morgan fingerprint density at radius 2 is 1.06 bits per heavy atom. The van der Waals surface area contributed by atoms with Gasteiger partial charge in [-0.2, -0.15) is 0 Å². The molecule has 0 aromatic rings. The van der Waals surface area contributed by atoms with Gasteiger partial charge in [0.25, 0.3) is 0 Å². The Balaban J connectivity index is 0. The maximum atomic E-state index is 12.2. The first kappa shape index (κ1) is 36.3. The van der Waals surface area contributed by atoms with Gasteiger partial charge < -0.3 is 33.8 Å². The lowest BCUT2D eigenvalue weighted by atomic mass is 10.0.